The van der Waals surface area contributed by atoms with Gasteiger partial charge in [0, 0.05) is 11.6 Å². The summed E-state index contributed by atoms with van der Waals surface area (Å²) in [5, 5.41) is 8.92. The van der Waals surface area contributed by atoms with Crippen LogP contribution >= 0.6 is 23.2 Å². The maximum Gasteiger partial charge on any atom is 0.240 e. The van der Waals surface area contributed by atoms with E-state index in [2.05, 4.69) is 11.3 Å². The van der Waals surface area contributed by atoms with Crippen molar-refractivity contribution in [3.05, 3.63) is 40.4 Å². The number of nitrogens with one attached hydrogen (secondary N) is 1. The van der Waals surface area contributed by atoms with Gasteiger partial charge in [0.1, 0.15) is 6.07 Å². The molecular formula is C10H8Cl2N2O2S. The summed E-state index contributed by atoms with van der Waals surface area (Å²) in [6, 6.07) is 5.68. The Morgan fingerprint density at radius 2 is 2.18 bits per heavy atom. The van der Waals surface area contributed by atoms with Gasteiger partial charge in [0.15, 0.2) is 0 Å². The van der Waals surface area contributed by atoms with E-state index in [0.29, 0.717) is 0 Å². The monoisotopic (exact) mass is 290 g/mol. The van der Waals surface area contributed by atoms with E-state index in [4.69, 9.17) is 28.5 Å². The lowest BCUT2D eigenvalue weighted by Gasteiger charge is -2.06. The summed E-state index contributed by atoms with van der Waals surface area (Å²) in [5.41, 5.74) is 0.215. The molecule has 1 N–H and O–H groups in total. The largest absolute Gasteiger partial charge is 0.240 e. The maximum absolute atomic E-state index is 11.7. The molecule has 0 spiro atoms. The van der Waals surface area contributed by atoms with E-state index < -0.39 is 10.0 Å². The molecule has 1 aromatic carbocycles. The number of hydrogen-bond acceptors (Lipinski definition) is 3. The number of rotatable bonds is 4. The van der Waals surface area contributed by atoms with Crippen LogP contribution in [0.15, 0.2) is 34.7 Å². The summed E-state index contributed by atoms with van der Waals surface area (Å²) in [6.07, 6.45) is 0. The van der Waals surface area contributed by atoms with Gasteiger partial charge in [-0.1, -0.05) is 29.8 Å². The van der Waals surface area contributed by atoms with Crippen LogP contribution in [0.4, 0.5) is 0 Å². The molecule has 0 saturated heterocycles. The number of nitrogens with zero attached hydrogens (tertiary/aromatic N) is 1. The summed E-state index contributed by atoms with van der Waals surface area (Å²) >= 11 is 11.2. The second-order valence-corrected chi connectivity index (χ2v) is 5.80. The zero-order valence-corrected chi connectivity index (χ0v) is 10.9. The SMILES string of the molecule is C=C(Cl)CNS(=O)(=O)c1ccc(C#N)c(Cl)c1. The van der Waals surface area contributed by atoms with Gasteiger partial charge >= 0.3 is 0 Å². The van der Waals surface area contributed by atoms with Gasteiger partial charge in [0.05, 0.1) is 15.5 Å². The van der Waals surface area contributed by atoms with Gasteiger partial charge in [0.2, 0.25) is 10.0 Å². The minimum atomic E-state index is -3.69. The van der Waals surface area contributed by atoms with Gasteiger partial charge in [-0.15, -0.1) is 0 Å². The zero-order valence-electron chi connectivity index (χ0n) is 8.57. The van der Waals surface area contributed by atoms with Crippen LogP contribution in [0.5, 0.6) is 0 Å². The maximum atomic E-state index is 11.7. The predicted octanol–water partition coefficient (Wildman–Crippen LogP) is 2.24. The molecule has 0 amide bonds. The Labute approximate surface area is 110 Å². The van der Waals surface area contributed by atoms with Crippen LogP contribution in [0.1, 0.15) is 5.56 Å². The molecule has 0 radical (unpaired) electrons. The topological polar surface area (TPSA) is 70.0 Å². The first-order valence-corrected chi connectivity index (χ1v) is 6.63. The molecule has 1 aromatic rings. The van der Waals surface area contributed by atoms with Crippen molar-refractivity contribution in [2.24, 2.45) is 0 Å². The van der Waals surface area contributed by atoms with Gasteiger partial charge in [-0.25, -0.2) is 13.1 Å². The fraction of sp³-hybridized carbons (Fsp3) is 0.100. The van der Waals surface area contributed by atoms with Gasteiger partial charge in [0.25, 0.3) is 0 Å². The molecule has 0 heterocycles. The minimum Gasteiger partial charge on any atom is -0.207 e. The van der Waals surface area contributed by atoms with Crippen LogP contribution < -0.4 is 4.72 Å². The van der Waals surface area contributed by atoms with Crippen molar-refractivity contribution in [1.82, 2.24) is 4.72 Å². The lowest BCUT2D eigenvalue weighted by atomic mass is 10.2. The number of nitriles is 1. The average molecular weight is 291 g/mol. The van der Waals surface area contributed by atoms with E-state index in [1.807, 2.05) is 6.07 Å². The number of benzene rings is 1. The zero-order chi connectivity index (χ0) is 13.1. The standard InChI is InChI=1S/C10H8Cl2N2O2S/c1-7(11)6-14-17(15,16)9-3-2-8(5-13)10(12)4-9/h2-4,14H,1,6H2. The number of hydrogen-bond donors (Lipinski definition) is 1. The molecule has 0 aromatic heterocycles. The van der Waals surface area contributed by atoms with Crippen molar-refractivity contribution >= 4 is 33.2 Å². The van der Waals surface area contributed by atoms with Crippen molar-refractivity contribution in [3.63, 3.8) is 0 Å². The molecule has 0 aliphatic carbocycles. The van der Waals surface area contributed by atoms with E-state index in [1.165, 1.54) is 18.2 Å². The van der Waals surface area contributed by atoms with Crippen molar-refractivity contribution in [2.75, 3.05) is 6.54 Å². The highest BCUT2D eigenvalue weighted by Gasteiger charge is 2.15. The van der Waals surface area contributed by atoms with Gasteiger partial charge in [-0.2, -0.15) is 5.26 Å². The first kappa shape index (κ1) is 14.0. The normalized spacial score (nSPS) is 10.9. The molecule has 0 atom stereocenters. The summed E-state index contributed by atoms with van der Waals surface area (Å²) in [6.45, 7) is 3.30. The minimum absolute atomic E-state index is 0.0283. The van der Waals surface area contributed by atoms with Crippen LogP contribution in [-0.4, -0.2) is 15.0 Å². The quantitative estimate of drug-likeness (QED) is 0.924. The molecule has 7 heteroatoms. The molecule has 17 heavy (non-hydrogen) atoms. The molecular weight excluding hydrogens is 283 g/mol. The van der Waals surface area contributed by atoms with E-state index in [9.17, 15) is 8.42 Å². The Morgan fingerprint density at radius 1 is 1.53 bits per heavy atom. The third kappa shape index (κ3) is 3.72. The molecule has 0 saturated carbocycles. The molecule has 4 nitrogen and oxygen atoms in total. The summed E-state index contributed by atoms with van der Waals surface area (Å²) < 4.78 is 25.7. The molecule has 0 fully saturated rings. The molecule has 0 bridgehead atoms. The van der Waals surface area contributed by atoms with Crippen LogP contribution in [0.3, 0.4) is 0 Å². The van der Waals surface area contributed by atoms with E-state index >= 15 is 0 Å². The summed E-state index contributed by atoms with van der Waals surface area (Å²) in [7, 11) is -3.69. The highest BCUT2D eigenvalue weighted by atomic mass is 35.5. The number of halogens is 2. The number of sulfonamides is 1. The Balaban J connectivity index is 3.05. The van der Waals surface area contributed by atoms with Crippen LogP contribution in [-0.2, 0) is 10.0 Å². The second kappa shape index (κ2) is 5.52. The second-order valence-electron chi connectivity index (χ2n) is 3.10. The molecule has 0 aliphatic rings. The summed E-state index contributed by atoms with van der Waals surface area (Å²) in [4.78, 5) is -0.0283. The lowest BCUT2D eigenvalue weighted by Crippen LogP contribution is -2.24. The smallest absolute Gasteiger partial charge is 0.207 e. The van der Waals surface area contributed by atoms with Gasteiger partial charge in [-0.05, 0) is 18.2 Å². The van der Waals surface area contributed by atoms with E-state index in [-0.39, 0.29) is 27.1 Å². The first-order chi connectivity index (χ1) is 7.86. The van der Waals surface area contributed by atoms with Crippen molar-refractivity contribution < 1.29 is 8.42 Å². The van der Waals surface area contributed by atoms with Crippen molar-refractivity contribution in [1.29, 1.82) is 5.26 Å². The Morgan fingerprint density at radius 3 is 2.65 bits per heavy atom. The summed E-state index contributed by atoms with van der Waals surface area (Å²) in [5.74, 6) is 0. The van der Waals surface area contributed by atoms with Crippen molar-refractivity contribution in [2.45, 2.75) is 4.90 Å². The third-order valence-corrected chi connectivity index (χ3v) is 3.67. The molecule has 0 aliphatic heterocycles. The molecule has 0 unspecified atom stereocenters. The fourth-order valence-corrected chi connectivity index (χ4v) is 2.49. The van der Waals surface area contributed by atoms with Gasteiger partial charge < -0.3 is 0 Å². The van der Waals surface area contributed by atoms with E-state index in [1.54, 1.807) is 0 Å². The Hall–Kier alpha value is -1.06. The highest BCUT2D eigenvalue weighted by Crippen LogP contribution is 2.20. The average Bonchev–Trinajstić information content (AvgIpc) is 2.26. The lowest BCUT2D eigenvalue weighted by molar-refractivity contribution is 0.585. The van der Waals surface area contributed by atoms with Gasteiger partial charge in [-0.3, -0.25) is 0 Å². The highest BCUT2D eigenvalue weighted by molar-refractivity contribution is 7.89. The van der Waals surface area contributed by atoms with Crippen LogP contribution in [0.2, 0.25) is 5.02 Å². The molecule has 1 rings (SSSR count). The third-order valence-electron chi connectivity index (χ3n) is 1.83. The van der Waals surface area contributed by atoms with Crippen molar-refractivity contribution in [3.8, 4) is 6.07 Å². The van der Waals surface area contributed by atoms with E-state index in [0.717, 1.165) is 0 Å². The fourth-order valence-electron chi connectivity index (χ4n) is 1.01. The van der Waals surface area contributed by atoms with Crippen LogP contribution in [0, 0.1) is 11.3 Å². The first-order valence-electron chi connectivity index (χ1n) is 4.39. The Kier molecular flexibility index (Phi) is 4.54. The molecule has 90 valence electrons. The van der Waals surface area contributed by atoms with Crippen LogP contribution in [0.25, 0.3) is 0 Å². The Bertz CT molecular complexity index is 591. The predicted molar refractivity (Wildman–Crippen MR) is 66.3 cm³/mol.